The molecule has 0 rings (SSSR count). The van der Waals surface area contributed by atoms with Gasteiger partial charge >= 0.3 is 0 Å². The summed E-state index contributed by atoms with van der Waals surface area (Å²) < 4.78 is 0. The minimum absolute atomic E-state index is 0.668. The Bertz CT molecular complexity index is 78.8. The third-order valence-electron chi connectivity index (χ3n) is 2.26. The number of alkyl halides is 1. The molecule has 0 bridgehead atoms. The minimum Gasteiger partial charge on any atom is -0.0891 e. The lowest BCUT2D eigenvalue weighted by Gasteiger charge is -2.17. The van der Waals surface area contributed by atoms with Crippen molar-refractivity contribution < 1.29 is 0 Å². The molecule has 62 valence electrons. The molecular formula is C9H19Br. The van der Waals surface area contributed by atoms with Gasteiger partial charge < -0.3 is 0 Å². The van der Waals surface area contributed by atoms with Crippen molar-refractivity contribution in [1.82, 2.24) is 0 Å². The molecule has 0 radical (unpaired) electrons. The van der Waals surface area contributed by atoms with Gasteiger partial charge in [-0.1, -0.05) is 50.0 Å². The first kappa shape index (κ1) is 10.5. The van der Waals surface area contributed by atoms with Crippen LogP contribution < -0.4 is 0 Å². The fourth-order valence-corrected chi connectivity index (χ4v) is 1.20. The Morgan fingerprint density at radius 3 is 2.00 bits per heavy atom. The van der Waals surface area contributed by atoms with Crippen LogP contribution in [-0.4, -0.2) is 4.83 Å². The van der Waals surface area contributed by atoms with E-state index in [1.807, 2.05) is 0 Å². The van der Waals surface area contributed by atoms with E-state index in [0.717, 1.165) is 11.8 Å². The second-order valence-corrected chi connectivity index (χ2v) is 4.85. The Kier molecular flexibility index (Phi) is 5.42. The van der Waals surface area contributed by atoms with E-state index in [0.29, 0.717) is 4.83 Å². The Balaban J connectivity index is 3.46. The molecule has 0 fully saturated rings. The Hall–Kier alpha value is 0.480. The summed E-state index contributed by atoms with van der Waals surface area (Å²) in [6, 6.07) is 0. The van der Waals surface area contributed by atoms with Crippen LogP contribution in [0.25, 0.3) is 0 Å². The lowest BCUT2D eigenvalue weighted by atomic mass is 9.94. The van der Waals surface area contributed by atoms with Gasteiger partial charge in [-0.3, -0.25) is 0 Å². The maximum atomic E-state index is 3.60. The molecule has 0 heterocycles. The van der Waals surface area contributed by atoms with Crippen molar-refractivity contribution in [2.24, 2.45) is 11.8 Å². The molecule has 0 aliphatic rings. The molecule has 0 aromatic rings. The monoisotopic (exact) mass is 206 g/mol. The number of hydrogen-bond acceptors (Lipinski definition) is 0. The summed E-state index contributed by atoms with van der Waals surface area (Å²) in [5, 5.41) is 0. The third kappa shape index (κ3) is 4.32. The van der Waals surface area contributed by atoms with Gasteiger partial charge in [-0.2, -0.15) is 0 Å². The van der Waals surface area contributed by atoms with Crippen LogP contribution in [0.5, 0.6) is 0 Å². The van der Waals surface area contributed by atoms with Gasteiger partial charge in [0.1, 0.15) is 0 Å². The van der Waals surface area contributed by atoms with Gasteiger partial charge in [0.05, 0.1) is 0 Å². The van der Waals surface area contributed by atoms with Crippen LogP contribution in [0.4, 0.5) is 0 Å². The van der Waals surface area contributed by atoms with Crippen LogP contribution in [0.1, 0.15) is 40.5 Å². The van der Waals surface area contributed by atoms with Crippen LogP contribution in [0.2, 0.25) is 0 Å². The minimum atomic E-state index is 0.668. The molecule has 1 heteroatoms. The Morgan fingerprint density at radius 2 is 1.70 bits per heavy atom. The lowest BCUT2D eigenvalue weighted by molar-refractivity contribution is 0.406. The molecule has 3 atom stereocenters. The molecule has 3 unspecified atom stereocenters. The first-order chi connectivity index (χ1) is 4.57. The zero-order chi connectivity index (χ0) is 8.15. The van der Waals surface area contributed by atoms with E-state index in [9.17, 15) is 0 Å². The molecule has 0 saturated heterocycles. The SMILES string of the molecule is CCC(C)CC(C)C(C)Br. The normalized spacial score (nSPS) is 20.1. The maximum Gasteiger partial charge on any atom is 0.0143 e. The lowest BCUT2D eigenvalue weighted by Crippen LogP contribution is -2.10. The van der Waals surface area contributed by atoms with Crippen molar-refractivity contribution >= 4 is 15.9 Å². The van der Waals surface area contributed by atoms with Crippen LogP contribution in [0.15, 0.2) is 0 Å². The van der Waals surface area contributed by atoms with Crippen molar-refractivity contribution in [3.05, 3.63) is 0 Å². The van der Waals surface area contributed by atoms with Gasteiger partial charge in [0.25, 0.3) is 0 Å². The fraction of sp³-hybridized carbons (Fsp3) is 1.00. The van der Waals surface area contributed by atoms with Crippen molar-refractivity contribution in [2.45, 2.75) is 45.4 Å². The molecule has 0 N–H and O–H groups in total. The van der Waals surface area contributed by atoms with E-state index in [4.69, 9.17) is 0 Å². The molecule has 0 saturated carbocycles. The van der Waals surface area contributed by atoms with Gasteiger partial charge in [0.2, 0.25) is 0 Å². The smallest absolute Gasteiger partial charge is 0.0143 e. The van der Waals surface area contributed by atoms with Gasteiger partial charge in [-0.25, -0.2) is 0 Å². The summed E-state index contributed by atoms with van der Waals surface area (Å²) in [4.78, 5) is 0.668. The van der Waals surface area contributed by atoms with Crippen LogP contribution >= 0.6 is 15.9 Å². The molecule has 0 nitrogen and oxygen atoms in total. The summed E-state index contributed by atoms with van der Waals surface area (Å²) in [6.45, 7) is 9.13. The zero-order valence-corrected chi connectivity index (χ0v) is 9.11. The van der Waals surface area contributed by atoms with Crippen LogP contribution in [-0.2, 0) is 0 Å². The third-order valence-corrected chi connectivity index (χ3v) is 3.16. The van der Waals surface area contributed by atoms with Crippen molar-refractivity contribution in [3.63, 3.8) is 0 Å². The maximum absolute atomic E-state index is 3.60. The first-order valence-electron chi connectivity index (χ1n) is 4.22. The number of rotatable bonds is 4. The van der Waals surface area contributed by atoms with Gasteiger partial charge in [0, 0.05) is 4.83 Å². The first-order valence-corrected chi connectivity index (χ1v) is 5.13. The summed E-state index contributed by atoms with van der Waals surface area (Å²) in [5.74, 6) is 1.70. The van der Waals surface area contributed by atoms with E-state index >= 15 is 0 Å². The largest absolute Gasteiger partial charge is 0.0891 e. The van der Waals surface area contributed by atoms with Crippen molar-refractivity contribution in [2.75, 3.05) is 0 Å². The molecule has 0 amide bonds. The van der Waals surface area contributed by atoms with E-state index in [2.05, 4.69) is 43.6 Å². The highest BCUT2D eigenvalue weighted by Gasteiger charge is 2.11. The predicted molar refractivity (Wildman–Crippen MR) is 51.6 cm³/mol. The molecular weight excluding hydrogens is 188 g/mol. The summed E-state index contributed by atoms with van der Waals surface area (Å²) in [5.41, 5.74) is 0. The number of halogens is 1. The molecule has 0 aliphatic heterocycles. The summed E-state index contributed by atoms with van der Waals surface area (Å²) in [6.07, 6.45) is 2.66. The molecule has 0 spiro atoms. The van der Waals surface area contributed by atoms with Crippen molar-refractivity contribution in [3.8, 4) is 0 Å². The van der Waals surface area contributed by atoms with Gasteiger partial charge in [-0.05, 0) is 18.3 Å². The second kappa shape index (κ2) is 5.17. The topological polar surface area (TPSA) is 0 Å². The van der Waals surface area contributed by atoms with E-state index in [-0.39, 0.29) is 0 Å². The fourth-order valence-electron chi connectivity index (χ4n) is 0.989. The quantitative estimate of drug-likeness (QED) is 0.614. The molecule has 0 aliphatic carbocycles. The average Bonchev–Trinajstić information content (AvgIpc) is 1.87. The van der Waals surface area contributed by atoms with Crippen LogP contribution in [0, 0.1) is 11.8 Å². The average molecular weight is 207 g/mol. The van der Waals surface area contributed by atoms with E-state index in [1.165, 1.54) is 12.8 Å². The van der Waals surface area contributed by atoms with Crippen LogP contribution in [0.3, 0.4) is 0 Å². The second-order valence-electron chi connectivity index (χ2n) is 3.40. The highest BCUT2D eigenvalue weighted by atomic mass is 79.9. The summed E-state index contributed by atoms with van der Waals surface area (Å²) >= 11 is 3.60. The zero-order valence-electron chi connectivity index (χ0n) is 7.52. The standard InChI is InChI=1S/C9H19Br/c1-5-7(2)6-8(3)9(4)10/h7-9H,5-6H2,1-4H3. The van der Waals surface area contributed by atoms with E-state index in [1.54, 1.807) is 0 Å². The highest BCUT2D eigenvalue weighted by molar-refractivity contribution is 9.09. The van der Waals surface area contributed by atoms with Gasteiger partial charge in [-0.15, -0.1) is 0 Å². The summed E-state index contributed by atoms with van der Waals surface area (Å²) in [7, 11) is 0. The van der Waals surface area contributed by atoms with E-state index < -0.39 is 0 Å². The molecule has 10 heavy (non-hydrogen) atoms. The van der Waals surface area contributed by atoms with Crippen molar-refractivity contribution in [1.29, 1.82) is 0 Å². The molecule has 0 aromatic carbocycles. The van der Waals surface area contributed by atoms with Gasteiger partial charge in [0.15, 0.2) is 0 Å². The predicted octanol–water partition coefficient (Wildman–Crippen LogP) is 3.84. The highest BCUT2D eigenvalue weighted by Crippen LogP contribution is 2.21. The number of hydrogen-bond donors (Lipinski definition) is 0. The molecule has 0 aromatic heterocycles. The Labute approximate surface area is 73.5 Å². The Morgan fingerprint density at radius 1 is 1.20 bits per heavy atom.